The van der Waals surface area contributed by atoms with Crippen molar-refractivity contribution in [1.29, 1.82) is 0 Å². The van der Waals surface area contributed by atoms with Gasteiger partial charge in [-0.25, -0.2) is 0 Å². The summed E-state index contributed by atoms with van der Waals surface area (Å²) in [6.45, 7) is 5.56. The van der Waals surface area contributed by atoms with E-state index in [1.807, 2.05) is 23.1 Å². The molecule has 1 aliphatic rings. The number of aromatic amines is 1. The fourth-order valence-electron chi connectivity index (χ4n) is 4.20. The summed E-state index contributed by atoms with van der Waals surface area (Å²) in [7, 11) is 0. The fourth-order valence-corrected chi connectivity index (χ4v) is 4.20. The Hall–Kier alpha value is -3.03. The first-order valence-corrected chi connectivity index (χ1v) is 10.9. The molecule has 1 N–H and O–H groups in total. The van der Waals surface area contributed by atoms with Gasteiger partial charge in [-0.3, -0.25) is 9.89 Å². The number of carbonyl (C=O) groups excluding carboxylic acids is 1. The van der Waals surface area contributed by atoms with Gasteiger partial charge < -0.3 is 9.80 Å². The van der Waals surface area contributed by atoms with E-state index in [9.17, 15) is 18.0 Å². The maximum absolute atomic E-state index is 13.5. The highest BCUT2D eigenvalue weighted by Crippen LogP contribution is 2.36. The van der Waals surface area contributed by atoms with Crippen molar-refractivity contribution in [3.8, 4) is 0 Å². The SMILES string of the molecule is CCC(=O)N(Cc1ccc(C(F)(F)F)cc1N1CCC(C)CC1)c1ccc2[nH]ncc2c1. The summed E-state index contributed by atoms with van der Waals surface area (Å²) in [4.78, 5) is 16.5. The predicted molar refractivity (Wildman–Crippen MR) is 120 cm³/mol. The van der Waals surface area contributed by atoms with Crippen LogP contribution in [0.3, 0.4) is 0 Å². The quantitative estimate of drug-likeness (QED) is 0.544. The summed E-state index contributed by atoms with van der Waals surface area (Å²) in [5.74, 6) is 0.464. The van der Waals surface area contributed by atoms with Crippen LogP contribution in [-0.4, -0.2) is 29.2 Å². The van der Waals surface area contributed by atoms with Gasteiger partial charge >= 0.3 is 6.18 Å². The monoisotopic (exact) mass is 444 g/mol. The molecule has 1 aromatic heterocycles. The summed E-state index contributed by atoms with van der Waals surface area (Å²) < 4.78 is 40.4. The molecule has 0 radical (unpaired) electrons. The van der Waals surface area contributed by atoms with Crippen LogP contribution in [0, 0.1) is 5.92 Å². The van der Waals surface area contributed by atoms with E-state index in [4.69, 9.17) is 0 Å². The second-order valence-corrected chi connectivity index (χ2v) is 8.49. The summed E-state index contributed by atoms with van der Waals surface area (Å²) in [6.07, 6.45) is -0.566. The molecule has 1 amide bonds. The number of H-pyrrole nitrogens is 1. The molecule has 2 heterocycles. The Kier molecular flexibility index (Phi) is 6.13. The molecule has 5 nitrogen and oxygen atoms in total. The van der Waals surface area contributed by atoms with Gasteiger partial charge in [0.15, 0.2) is 0 Å². The molecule has 0 unspecified atom stereocenters. The number of nitrogens with one attached hydrogen (secondary N) is 1. The number of hydrogen-bond donors (Lipinski definition) is 1. The van der Waals surface area contributed by atoms with E-state index in [1.54, 1.807) is 18.0 Å². The molecule has 2 aromatic carbocycles. The van der Waals surface area contributed by atoms with Crippen molar-refractivity contribution in [2.45, 2.75) is 45.8 Å². The minimum Gasteiger partial charge on any atom is -0.371 e. The maximum atomic E-state index is 13.5. The molecule has 0 bridgehead atoms. The topological polar surface area (TPSA) is 52.2 Å². The molecule has 8 heteroatoms. The van der Waals surface area contributed by atoms with E-state index in [2.05, 4.69) is 17.1 Å². The van der Waals surface area contributed by atoms with Crippen molar-refractivity contribution in [3.05, 3.63) is 53.7 Å². The zero-order valence-corrected chi connectivity index (χ0v) is 18.2. The van der Waals surface area contributed by atoms with E-state index in [0.29, 0.717) is 42.4 Å². The van der Waals surface area contributed by atoms with Crippen molar-refractivity contribution in [1.82, 2.24) is 10.2 Å². The first-order chi connectivity index (χ1) is 15.3. The molecule has 0 atom stereocenters. The van der Waals surface area contributed by atoms with Gasteiger partial charge in [0.1, 0.15) is 0 Å². The number of piperidine rings is 1. The predicted octanol–water partition coefficient (Wildman–Crippen LogP) is 5.76. The van der Waals surface area contributed by atoms with Crippen LogP contribution in [0.1, 0.15) is 44.2 Å². The maximum Gasteiger partial charge on any atom is 0.416 e. The first kappa shape index (κ1) is 22.2. The largest absolute Gasteiger partial charge is 0.416 e. The number of hydrogen-bond acceptors (Lipinski definition) is 3. The van der Waals surface area contributed by atoms with Crippen LogP contribution in [0.5, 0.6) is 0 Å². The lowest BCUT2D eigenvalue weighted by molar-refractivity contribution is -0.137. The molecule has 1 saturated heterocycles. The van der Waals surface area contributed by atoms with Crippen molar-refractivity contribution in [2.75, 3.05) is 22.9 Å². The summed E-state index contributed by atoms with van der Waals surface area (Å²) in [6, 6.07) is 9.42. The number of rotatable bonds is 5. The van der Waals surface area contributed by atoms with Gasteiger partial charge in [0.05, 0.1) is 23.8 Å². The highest BCUT2D eigenvalue weighted by molar-refractivity contribution is 5.95. The van der Waals surface area contributed by atoms with Crippen LogP contribution in [0.15, 0.2) is 42.6 Å². The molecule has 4 rings (SSSR count). The number of alkyl halides is 3. The van der Waals surface area contributed by atoms with Crippen LogP contribution in [0.25, 0.3) is 10.9 Å². The van der Waals surface area contributed by atoms with E-state index < -0.39 is 11.7 Å². The number of benzene rings is 2. The highest BCUT2D eigenvalue weighted by Gasteiger charge is 2.32. The lowest BCUT2D eigenvalue weighted by Crippen LogP contribution is -2.35. The van der Waals surface area contributed by atoms with E-state index in [-0.39, 0.29) is 12.5 Å². The Morgan fingerprint density at radius 2 is 1.94 bits per heavy atom. The molecule has 0 spiro atoms. The number of anilines is 2. The lowest BCUT2D eigenvalue weighted by atomic mass is 9.97. The van der Waals surface area contributed by atoms with Gasteiger partial charge in [-0.1, -0.05) is 19.9 Å². The fraction of sp³-hybridized carbons (Fsp3) is 0.417. The first-order valence-electron chi connectivity index (χ1n) is 10.9. The number of aromatic nitrogens is 2. The third kappa shape index (κ3) is 4.59. The van der Waals surface area contributed by atoms with Crippen molar-refractivity contribution in [2.24, 2.45) is 5.92 Å². The van der Waals surface area contributed by atoms with Gasteiger partial charge in [-0.15, -0.1) is 0 Å². The number of halogens is 3. The van der Waals surface area contributed by atoms with Gasteiger partial charge in [-0.05, 0) is 54.7 Å². The summed E-state index contributed by atoms with van der Waals surface area (Å²) in [5.41, 5.74) is 2.16. The average Bonchev–Trinajstić information content (AvgIpc) is 3.25. The Labute approximate surface area is 185 Å². The second-order valence-electron chi connectivity index (χ2n) is 8.49. The average molecular weight is 445 g/mol. The zero-order valence-electron chi connectivity index (χ0n) is 18.2. The van der Waals surface area contributed by atoms with Gasteiger partial charge in [0.25, 0.3) is 0 Å². The molecule has 0 aliphatic carbocycles. The molecule has 0 saturated carbocycles. The normalized spacial score (nSPS) is 15.3. The minimum atomic E-state index is -4.42. The number of fused-ring (bicyclic) bond motifs is 1. The number of amides is 1. The molecular weight excluding hydrogens is 417 g/mol. The van der Waals surface area contributed by atoms with Gasteiger partial charge in [-0.2, -0.15) is 18.3 Å². The van der Waals surface area contributed by atoms with Crippen molar-refractivity contribution >= 4 is 28.2 Å². The third-order valence-electron chi connectivity index (χ3n) is 6.20. The van der Waals surface area contributed by atoms with Crippen LogP contribution in [0.4, 0.5) is 24.5 Å². The summed E-state index contributed by atoms with van der Waals surface area (Å²) in [5, 5.41) is 7.78. The molecular formula is C24H27F3N4O. The third-order valence-corrected chi connectivity index (χ3v) is 6.20. The molecule has 32 heavy (non-hydrogen) atoms. The van der Waals surface area contributed by atoms with E-state index in [1.165, 1.54) is 12.1 Å². The summed E-state index contributed by atoms with van der Waals surface area (Å²) >= 11 is 0. The van der Waals surface area contributed by atoms with Crippen LogP contribution >= 0.6 is 0 Å². The second kappa shape index (κ2) is 8.84. The Balaban J connectivity index is 1.73. The van der Waals surface area contributed by atoms with Gasteiger partial charge in [0, 0.05) is 36.3 Å². The molecule has 1 aliphatic heterocycles. The van der Waals surface area contributed by atoms with E-state index >= 15 is 0 Å². The molecule has 1 fully saturated rings. The smallest absolute Gasteiger partial charge is 0.371 e. The Bertz CT molecular complexity index is 1100. The van der Waals surface area contributed by atoms with Crippen molar-refractivity contribution in [3.63, 3.8) is 0 Å². The van der Waals surface area contributed by atoms with Crippen LogP contribution < -0.4 is 9.80 Å². The Morgan fingerprint density at radius 1 is 1.19 bits per heavy atom. The van der Waals surface area contributed by atoms with Crippen LogP contribution in [-0.2, 0) is 17.5 Å². The molecule has 3 aromatic rings. The standard InChI is InChI=1S/C24H27F3N4O/c1-3-23(32)31(20-6-7-21-18(12-20)14-28-29-21)15-17-4-5-19(24(25,26)27)13-22(17)30-10-8-16(2)9-11-30/h4-7,12-14,16H,3,8-11,15H2,1-2H3,(H,28,29). The number of nitrogens with zero attached hydrogens (tertiary/aromatic N) is 3. The van der Waals surface area contributed by atoms with Gasteiger partial charge in [0.2, 0.25) is 5.91 Å². The minimum absolute atomic E-state index is 0.0917. The number of carbonyl (C=O) groups is 1. The lowest BCUT2D eigenvalue weighted by Gasteiger charge is -2.35. The highest BCUT2D eigenvalue weighted by atomic mass is 19.4. The molecule has 170 valence electrons. The van der Waals surface area contributed by atoms with Crippen LogP contribution in [0.2, 0.25) is 0 Å². The van der Waals surface area contributed by atoms with Crippen molar-refractivity contribution < 1.29 is 18.0 Å². The van der Waals surface area contributed by atoms with E-state index in [0.717, 1.165) is 29.8 Å². The Morgan fingerprint density at radius 3 is 2.62 bits per heavy atom. The zero-order chi connectivity index (χ0) is 22.9.